The third-order valence-corrected chi connectivity index (χ3v) is 4.08. The quantitative estimate of drug-likeness (QED) is 0.405. The molecule has 1 aromatic heterocycles. The van der Waals surface area contributed by atoms with Crippen LogP contribution in [-0.2, 0) is 0 Å². The zero-order valence-electron chi connectivity index (χ0n) is 14.0. The fourth-order valence-electron chi connectivity index (χ4n) is 2.23. The molecule has 2 aromatic carbocycles. The molecular formula is C17H12Cl2N6O3. The molecule has 0 atom stereocenters. The van der Waals surface area contributed by atoms with Crippen LogP contribution in [0.3, 0.4) is 0 Å². The Hall–Kier alpha value is -3.43. The Balaban J connectivity index is 1.86. The minimum atomic E-state index is -0.683. The van der Waals surface area contributed by atoms with Gasteiger partial charge in [0.05, 0.1) is 15.6 Å². The molecule has 0 saturated heterocycles. The summed E-state index contributed by atoms with van der Waals surface area (Å²) in [6.45, 7) is 0. The lowest BCUT2D eigenvalue weighted by atomic mass is 10.2. The number of rotatable bonds is 6. The molecule has 9 nitrogen and oxygen atoms in total. The van der Waals surface area contributed by atoms with Gasteiger partial charge >= 0.3 is 5.69 Å². The number of halogens is 2. The Morgan fingerprint density at radius 3 is 2.46 bits per heavy atom. The van der Waals surface area contributed by atoms with Crippen LogP contribution >= 0.6 is 23.2 Å². The summed E-state index contributed by atoms with van der Waals surface area (Å²) in [6.07, 6.45) is 1.10. The van der Waals surface area contributed by atoms with Crippen molar-refractivity contribution in [1.82, 2.24) is 15.4 Å². The third kappa shape index (κ3) is 4.45. The van der Waals surface area contributed by atoms with E-state index in [2.05, 4.69) is 26.1 Å². The van der Waals surface area contributed by atoms with Gasteiger partial charge in [0.25, 0.3) is 5.91 Å². The minimum Gasteiger partial charge on any atom is -0.333 e. The van der Waals surface area contributed by atoms with Crippen LogP contribution < -0.4 is 16.2 Å². The van der Waals surface area contributed by atoms with Gasteiger partial charge < -0.3 is 5.32 Å². The molecule has 1 heterocycles. The van der Waals surface area contributed by atoms with E-state index >= 15 is 0 Å². The SMILES string of the molecule is O=C(NNc1ncnc(Nc2cc(Cl)ccc2Cl)c1[N+](=O)[O-])c1ccccc1. The van der Waals surface area contributed by atoms with E-state index in [-0.39, 0.29) is 11.6 Å². The maximum absolute atomic E-state index is 12.1. The summed E-state index contributed by atoms with van der Waals surface area (Å²) < 4.78 is 0. The average molecular weight is 419 g/mol. The first-order valence-corrected chi connectivity index (χ1v) is 8.54. The van der Waals surface area contributed by atoms with Gasteiger partial charge in [0.2, 0.25) is 11.6 Å². The molecule has 0 radical (unpaired) electrons. The van der Waals surface area contributed by atoms with Crippen LogP contribution in [0.5, 0.6) is 0 Å². The first-order chi connectivity index (χ1) is 13.5. The number of nitro groups is 1. The van der Waals surface area contributed by atoms with Gasteiger partial charge in [-0.3, -0.25) is 25.8 Å². The molecule has 3 aromatic rings. The molecule has 142 valence electrons. The molecule has 1 amide bonds. The van der Waals surface area contributed by atoms with Crippen molar-refractivity contribution >= 4 is 52.1 Å². The van der Waals surface area contributed by atoms with Crippen molar-refractivity contribution in [3.8, 4) is 0 Å². The highest BCUT2D eigenvalue weighted by molar-refractivity contribution is 6.35. The Labute approximate surface area is 168 Å². The summed E-state index contributed by atoms with van der Waals surface area (Å²) in [5.41, 5.74) is 5.04. The van der Waals surface area contributed by atoms with Crippen molar-refractivity contribution in [2.75, 3.05) is 10.7 Å². The molecular weight excluding hydrogens is 407 g/mol. The van der Waals surface area contributed by atoms with Crippen molar-refractivity contribution < 1.29 is 9.72 Å². The number of amides is 1. The van der Waals surface area contributed by atoms with Crippen molar-refractivity contribution in [3.63, 3.8) is 0 Å². The molecule has 11 heteroatoms. The number of carbonyl (C=O) groups is 1. The predicted octanol–water partition coefficient (Wildman–Crippen LogP) is 4.19. The third-order valence-electron chi connectivity index (χ3n) is 3.52. The Morgan fingerprint density at radius 2 is 1.75 bits per heavy atom. The molecule has 3 rings (SSSR count). The molecule has 28 heavy (non-hydrogen) atoms. The van der Waals surface area contributed by atoms with Crippen LogP contribution in [-0.4, -0.2) is 20.8 Å². The molecule has 0 aliphatic carbocycles. The normalized spacial score (nSPS) is 10.2. The van der Waals surface area contributed by atoms with Gasteiger partial charge in [0, 0.05) is 10.6 Å². The van der Waals surface area contributed by atoms with E-state index in [0.29, 0.717) is 21.3 Å². The molecule has 0 aliphatic rings. The molecule has 0 aliphatic heterocycles. The average Bonchev–Trinajstić information content (AvgIpc) is 2.69. The summed E-state index contributed by atoms with van der Waals surface area (Å²) >= 11 is 12.0. The summed E-state index contributed by atoms with van der Waals surface area (Å²) in [5.74, 6) is -0.813. The fourth-order valence-corrected chi connectivity index (χ4v) is 2.57. The van der Waals surface area contributed by atoms with E-state index in [1.807, 2.05) is 0 Å². The lowest BCUT2D eigenvalue weighted by Crippen LogP contribution is -2.30. The van der Waals surface area contributed by atoms with Crippen LogP contribution in [0.25, 0.3) is 0 Å². The van der Waals surface area contributed by atoms with Crippen LogP contribution in [0.1, 0.15) is 10.4 Å². The van der Waals surface area contributed by atoms with Gasteiger partial charge in [-0.2, -0.15) is 0 Å². The standard InChI is InChI=1S/C17H12Cl2N6O3/c18-11-6-7-12(19)13(8-11)22-15-14(25(27)28)16(21-9-20-15)23-24-17(26)10-4-2-1-3-5-10/h1-9H,(H,24,26)(H2,20,21,22,23). The second-order valence-electron chi connectivity index (χ2n) is 5.37. The monoisotopic (exact) mass is 418 g/mol. The van der Waals surface area contributed by atoms with Crippen LogP contribution in [0.15, 0.2) is 54.9 Å². The highest BCUT2D eigenvalue weighted by Crippen LogP contribution is 2.34. The Bertz CT molecular complexity index is 1030. The van der Waals surface area contributed by atoms with Crippen molar-refractivity contribution in [1.29, 1.82) is 0 Å². The van der Waals surface area contributed by atoms with E-state index in [0.717, 1.165) is 6.33 Å². The number of aromatic nitrogens is 2. The fraction of sp³-hybridized carbons (Fsp3) is 0. The van der Waals surface area contributed by atoms with Crippen molar-refractivity contribution in [2.45, 2.75) is 0 Å². The zero-order chi connectivity index (χ0) is 20.1. The number of hydrazine groups is 1. The molecule has 0 fully saturated rings. The van der Waals surface area contributed by atoms with E-state index in [4.69, 9.17) is 23.2 Å². The Kier molecular flexibility index (Phi) is 5.87. The first-order valence-electron chi connectivity index (χ1n) is 7.78. The van der Waals surface area contributed by atoms with Crippen LogP contribution in [0.2, 0.25) is 10.0 Å². The second kappa shape index (κ2) is 8.51. The van der Waals surface area contributed by atoms with Gasteiger partial charge in [0.15, 0.2) is 0 Å². The highest BCUT2D eigenvalue weighted by atomic mass is 35.5. The van der Waals surface area contributed by atoms with E-state index < -0.39 is 16.5 Å². The zero-order valence-corrected chi connectivity index (χ0v) is 15.5. The van der Waals surface area contributed by atoms with Crippen molar-refractivity contribution in [2.24, 2.45) is 0 Å². The van der Waals surface area contributed by atoms with Crippen LogP contribution in [0, 0.1) is 10.1 Å². The number of anilines is 3. The van der Waals surface area contributed by atoms with Gasteiger partial charge in [-0.05, 0) is 30.3 Å². The number of carbonyl (C=O) groups excluding carboxylic acids is 1. The van der Waals surface area contributed by atoms with E-state index in [9.17, 15) is 14.9 Å². The molecule has 0 bridgehead atoms. The molecule has 0 saturated carbocycles. The molecule has 3 N–H and O–H groups in total. The second-order valence-corrected chi connectivity index (χ2v) is 6.21. The summed E-state index contributed by atoms with van der Waals surface area (Å²) in [4.78, 5) is 30.7. The van der Waals surface area contributed by atoms with Crippen molar-refractivity contribution in [3.05, 3.63) is 80.6 Å². The largest absolute Gasteiger partial charge is 0.355 e. The smallest absolute Gasteiger partial charge is 0.333 e. The minimum absolute atomic E-state index is 0.124. The van der Waals surface area contributed by atoms with Crippen LogP contribution in [0.4, 0.5) is 23.0 Å². The lowest BCUT2D eigenvalue weighted by molar-refractivity contribution is -0.383. The Morgan fingerprint density at radius 1 is 1.04 bits per heavy atom. The van der Waals surface area contributed by atoms with E-state index in [1.165, 1.54) is 6.07 Å². The lowest BCUT2D eigenvalue weighted by Gasteiger charge is -2.12. The molecule has 0 spiro atoms. The number of benzene rings is 2. The summed E-state index contributed by atoms with van der Waals surface area (Å²) in [6, 6.07) is 13.0. The van der Waals surface area contributed by atoms with Gasteiger partial charge in [-0.25, -0.2) is 9.97 Å². The number of hydrogen-bond acceptors (Lipinski definition) is 7. The summed E-state index contributed by atoms with van der Waals surface area (Å²) in [5, 5.41) is 15.0. The van der Waals surface area contributed by atoms with Gasteiger partial charge in [0.1, 0.15) is 6.33 Å². The summed E-state index contributed by atoms with van der Waals surface area (Å²) in [7, 11) is 0. The van der Waals surface area contributed by atoms with Gasteiger partial charge in [-0.1, -0.05) is 41.4 Å². The maximum atomic E-state index is 12.1. The molecule has 0 unspecified atom stereocenters. The number of hydrogen-bond donors (Lipinski definition) is 3. The van der Waals surface area contributed by atoms with E-state index in [1.54, 1.807) is 42.5 Å². The first kappa shape index (κ1) is 19.3. The number of nitrogens with zero attached hydrogens (tertiary/aromatic N) is 3. The number of nitrogens with one attached hydrogen (secondary N) is 3. The van der Waals surface area contributed by atoms with Gasteiger partial charge in [-0.15, -0.1) is 0 Å². The highest BCUT2D eigenvalue weighted by Gasteiger charge is 2.24. The predicted molar refractivity (Wildman–Crippen MR) is 106 cm³/mol. The maximum Gasteiger partial charge on any atom is 0.355 e. The topological polar surface area (TPSA) is 122 Å².